The summed E-state index contributed by atoms with van der Waals surface area (Å²) in [6.07, 6.45) is -2.28. The van der Waals surface area contributed by atoms with E-state index in [1.807, 2.05) is 0 Å². The lowest BCUT2D eigenvalue weighted by atomic mass is 10.0. The first kappa shape index (κ1) is 54.4. The molecular formula is C37H66N12O13. The number of hydrogen-bond donors (Lipinski definition) is 14. The number of carboxylic acid groups (broad SMARTS) is 1. The first-order chi connectivity index (χ1) is 28.8. The maximum absolute atomic E-state index is 13.9. The van der Waals surface area contributed by atoms with Crippen molar-refractivity contribution >= 4 is 59.2 Å². The molecule has 1 aliphatic rings. The molecule has 1 aliphatic heterocycles. The number of nitrogens with one attached hydrogen (secondary N) is 7. The zero-order chi connectivity index (χ0) is 47.6. The van der Waals surface area contributed by atoms with Crippen molar-refractivity contribution in [2.24, 2.45) is 28.1 Å². The second-order valence-corrected chi connectivity index (χ2v) is 15.7. The molecule has 0 saturated carbocycles. The Balaban J connectivity index is 3.07. The Hall–Kier alpha value is -5.66. The Kier molecular flexibility index (Phi) is 22.8. The number of likely N-dealkylation sites (tertiary alicyclic amines) is 1. The molecule has 0 aromatic rings. The largest absolute Gasteiger partial charge is 0.480 e. The van der Waals surface area contributed by atoms with Gasteiger partial charge < -0.3 is 79.7 Å². The maximum atomic E-state index is 13.9. The van der Waals surface area contributed by atoms with Crippen LogP contribution in [0.25, 0.3) is 0 Å². The van der Waals surface area contributed by atoms with Crippen LogP contribution in [0.1, 0.15) is 80.6 Å². The number of rotatable bonds is 25. The molecule has 1 rings (SSSR count). The number of hydrogen-bond acceptors (Lipinski definition) is 14. The smallest absolute Gasteiger partial charge is 0.326 e. The van der Waals surface area contributed by atoms with E-state index in [0.717, 1.165) is 13.8 Å². The fourth-order valence-electron chi connectivity index (χ4n) is 6.10. The molecule has 0 spiro atoms. The minimum absolute atomic E-state index is 0.0363. The van der Waals surface area contributed by atoms with Crippen LogP contribution < -0.4 is 54.4 Å². The zero-order valence-electron chi connectivity index (χ0n) is 36.2. The van der Waals surface area contributed by atoms with Crippen molar-refractivity contribution in [3.8, 4) is 0 Å². The standard InChI is InChI=1S/C37H66N12O13/c1-16(2)14-23(36(61)62)45-33(58)27(21(7)52)48-31(56)24(15-50)46-34(59)26(20(6)51)47-30(55)19(5)43-32(57)25-11-9-13-49(25)35(60)22(10-8-12-41-37(39)40)44-29(54)18(4)42-28(53)17(3)38/h16-27,50-52H,8-15,38H2,1-7H3,(H,42,53)(H,43,57)(H,44,54)(H,45,58)(H,46,59)(H,47,55)(H,48,56)(H,61,62)(H4,39,40,41)/t17-,18-,19-,20+,21+,22-,23-,24-,25-,26-,27-/m0/s1. The van der Waals surface area contributed by atoms with Gasteiger partial charge in [0.05, 0.1) is 24.9 Å². The van der Waals surface area contributed by atoms with Gasteiger partial charge in [-0.25, -0.2) is 4.79 Å². The molecule has 352 valence electrons. The minimum atomic E-state index is -1.79. The Morgan fingerprint density at radius 1 is 0.677 bits per heavy atom. The van der Waals surface area contributed by atoms with Crippen LogP contribution in [0.3, 0.4) is 0 Å². The lowest BCUT2D eigenvalue weighted by Gasteiger charge is -2.30. The summed E-state index contributed by atoms with van der Waals surface area (Å²) >= 11 is 0. The van der Waals surface area contributed by atoms with E-state index in [4.69, 9.17) is 17.2 Å². The van der Waals surface area contributed by atoms with Gasteiger partial charge in [0.1, 0.15) is 48.3 Å². The number of aliphatic carboxylic acids is 1. The van der Waals surface area contributed by atoms with Crippen LogP contribution in [0.2, 0.25) is 0 Å². The zero-order valence-corrected chi connectivity index (χ0v) is 36.2. The predicted octanol–water partition coefficient (Wildman–Crippen LogP) is -6.30. The number of carboxylic acids is 1. The van der Waals surface area contributed by atoms with Gasteiger partial charge in [-0.15, -0.1) is 0 Å². The summed E-state index contributed by atoms with van der Waals surface area (Å²) in [5.41, 5.74) is 16.4. The summed E-state index contributed by atoms with van der Waals surface area (Å²) in [4.78, 5) is 122. The molecule has 0 aromatic carbocycles. The molecule has 8 amide bonds. The number of nitrogens with two attached hydrogens (primary N) is 3. The van der Waals surface area contributed by atoms with Gasteiger partial charge in [-0.1, -0.05) is 13.8 Å². The topological polar surface area (TPSA) is 412 Å². The molecular weight excluding hydrogens is 820 g/mol. The molecule has 0 unspecified atom stereocenters. The predicted molar refractivity (Wildman–Crippen MR) is 221 cm³/mol. The first-order valence-corrected chi connectivity index (χ1v) is 20.3. The summed E-state index contributed by atoms with van der Waals surface area (Å²) in [7, 11) is 0. The van der Waals surface area contributed by atoms with E-state index >= 15 is 0 Å². The summed E-state index contributed by atoms with van der Waals surface area (Å²) in [6, 6.07) is -12.2. The Bertz CT molecular complexity index is 1620. The maximum Gasteiger partial charge on any atom is 0.326 e. The molecule has 1 saturated heterocycles. The van der Waals surface area contributed by atoms with Crippen LogP contribution >= 0.6 is 0 Å². The summed E-state index contributed by atoms with van der Waals surface area (Å²) in [5, 5.41) is 56.4. The Labute approximate surface area is 359 Å². The molecule has 11 atom stereocenters. The van der Waals surface area contributed by atoms with Crippen LogP contribution in [0.5, 0.6) is 0 Å². The van der Waals surface area contributed by atoms with Crippen LogP contribution in [0.4, 0.5) is 0 Å². The molecule has 62 heavy (non-hydrogen) atoms. The van der Waals surface area contributed by atoms with Gasteiger partial charge >= 0.3 is 5.97 Å². The summed E-state index contributed by atoms with van der Waals surface area (Å²) in [6.45, 7) is 8.98. The third kappa shape index (κ3) is 17.7. The summed E-state index contributed by atoms with van der Waals surface area (Å²) < 4.78 is 0. The van der Waals surface area contributed by atoms with E-state index in [9.17, 15) is 63.6 Å². The Morgan fingerprint density at radius 3 is 1.66 bits per heavy atom. The lowest BCUT2D eigenvalue weighted by molar-refractivity contribution is -0.143. The van der Waals surface area contributed by atoms with Crippen molar-refractivity contribution in [1.29, 1.82) is 0 Å². The van der Waals surface area contributed by atoms with E-state index in [0.29, 0.717) is 6.42 Å². The first-order valence-electron chi connectivity index (χ1n) is 20.3. The number of guanidine groups is 1. The highest BCUT2D eigenvalue weighted by atomic mass is 16.4. The Morgan fingerprint density at radius 2 is 1.18 bits per heavy atom. The van der Waals surface area contributed by atoms with Crippen LogP contribution in [0, 0.1) is 5.92 Å². The normalized spacial score (nSPS) is 18.5. The molecule has 25 heteroatoms. The number of aliphatic hydroxyl groups excluding tert-OH is 3. The average molecular weight is 887 g/mol. The number of carbonyl (C=O) groups is 9. The van der Waals surface area contributed by atoms with Gasteiger partial charge in [-0.2, -0.15) is 0 Å². The van der Waals surface area contributed by atoms with Crippen LogP contribution in [-0.4, -0.2) is 171 Å². The number of carbonyl (C=O) groups excluding carboxylic acids is 8. The molecule has 0 radical (unpaired) electrons. The molecule has 1 fully saturated rings. The van der Waals surface area contributed by atoms with Crippen molar-refractivity contribution in [2.45, 2.75) is 147 Å². The van der Waals surface area contributed by atoms with Gasteiger partial charge in [0.25, 0.3) is 0 Å². The number of nitrogens with zero attached hydrogens (tertiary/aromatic N) is 2. The third-order valence-corrected chi connectivity index (χ3v) is 9.58. The average Bonchev–Trinajstić information content (AvgIpc) is 3.68. The number of aliphatic imine (C=N–C) groups is 1. The fraction of sp³-hybridized carbons (Fsp3) is 0.730. The quantitative estimate of drug-likeness (QED) is 0.0230. The van der Waals surface area contributed by atoms with E-state index < -0.39 is 126 Å². The molecule has 1 heterocycles. The van der Waals surface area contributed by atoms with E-state index in [2.05, 4.69) is 42.2 Å². The lowest BCUT2D eigenvalue weighted by Crippen LogP contribution is -2.62. The van der Waals surface area contributed by atoms with Crippen molar-refractivity contribution in [3.05, 3.63) is 0 Å². The fourth-order valence-corrected chi connectivity index (χ4v) is 6.10. The molecule has 25 nitrogen and oxygen atoms in total. The number of aliphatic hydroxyl groups is 3. The van der Waals surface area contributed by atoms with Gasteiger partial charge in [0.15, 0.2) is 5.96 Å². The van der Waals surface area contributed by atoms with Gasteiger partial charge in [-0.05, 0) is 72.6 Å². The van der Waals surface area contributed by atoms with Crippen LogP contribution in [0.15, 0.2) is 4.99 Å². The van der Waals surface area contributed by atoms with E-state index in [1.54, 1.807) is 13.8 Å². The van der Waals surface area contributed by atoms with E-state index in [1.165, 1.54) is 25.7 Å². The van der Waals surface area contributed by atoms with Gasteiger partial charge in [0.2, 0.25) is 47.3 Å². The van der Waals surface area contributed by atoms with Crippen molar-refractivity contribution < 1.29 is 63.6 Å². The minimum Gasteiger partial charge on any atom is -0.480 e. The van der Waals surface area contributed by atoms with Gasteiger partial charge in [-0.3, -0.25) is 43.3 Å². The van der Waals surface area contributed by atoms with Gasteiger partial charge in [0, 0.05) is 13.1 Å². The second kappa shape index (κ2) is 26.0. The molecule has 0 aromatic heterocycles. The van der Waals surface area contributed by atoms with E-state index in [-0.39, 0.29) is 50.7 Å². The van der Waals surface area contributed by atoms with Crippen LogP contribution in [-0.2, 0) is 43.2 Å². The number of amides is 8. The monoisotopic (exact) mass is 886 g/mol. The third-order valence-electron chi connectivity index (χ3n) is 9.58. The molecule has 17 N–H and O–H groups in total. The second-order valence-electron chi connectivity index (χ2n) is 15.7. The SMILES string of the molecule is CC(C)C[C@H](NC(=O)[C@@H](NC(=O)[C@H](CO)NC(=O)[C@@H](NC(=O)[C@H](C)NC(=O)[C@@H]1CCCN1C(=O)[C@H](CCCN=C(N)N)NC(=O)[C@H](C)NC(=O)[C@H](C)N)[C@@H](C)O)[C@@H](C)O)C(=O)O. The highest BCUT2D eigenvalue weighted by Gasteiger charge is 2.40. The molecule has 0 bridgehead atoms. The highest BCUT2D eigenvalue weighted by molar-refractivity contribution is 5.98. The van der Waals surface area contributed by atoms with Crippen molar-refractivity contribution in [3.63, 3.8) is 0 Å². The highest BCUT2D eigenvalue weighted by Crippen LogP contribution is 2.20. The van der Waals surface area contributed by atoms with Crippen molar-refractivity contribution in [2.75, 3.05) is 19.7 Å². The molecule has 0 aliphatic carbocycles. The van der Waals surface area contributed by atoms with Crippen molar-refractivity contribution in [1.82, 2.24) is 42.1 Å². The summed E-state index contributed by atoms with van der Waals surface area (Å²) in [5.74, 6) is -8.75.